The molecule has 6 nitrogen and oxygen atoms in total. The van der Waals surface area contributed by atoms with Gasteiger partial charge in [0.1, 0.15) is 5.76 Å². The lowest BCUT2D eigenvalue weighted by Crippen LogP contribution is -2.35. The van der Waals surface area contributed by atoms with Gasteiger partial charge in [0.25, 0.3) is 5.91 Å². The van der Waals surface area contributed by atoms with E-state index in [0.717, 1.165) is 19.0 Å². The number of hydrogen-bond donors (Lipinski definition) is 1. The molecule has 1 aliphatic heterocycles. The fourth-order valence-corrected chi connectivity index (χ4v) is 2.75. The molecule has 1 amide bonds. The number of furan rings is 1. The van der Waals surface area contributed by atoms with E-state index in [1.54, 1.807) is 18.2 Å². The van der Waals surface area contributed by atoms with Gasteiger partial charge in [-0.15, -0.1) is 0 Å². The van der Waals surface area contributed by atoms with E-state index in [9.17, 15) is 4.79 Å². The van der Waals surface area contributed by atoms with Crippen LogP contribution in [0.3, 0.4) is 0 Å². The fourth-order valence-electron chi connectivity index (χ4n) is 2.25. The molecule has 0 unspecified atom stereocenters. The molecule has 0 bridgehead atoms. The molecule has 1 aliphatic rings. The Balaban J connectivity index is 1.60. The highest BCUT2D eigenvalue weighted by Crippen LogP contribution is 2.21. The zero-order chi connectivity index (χ0) is 16.9. The van der Waals surface area contributed by atoms with Crippen molar-refractivity contribution in [2.24, 2.45) is 5.10 Å². The van der Waals surface area contributed by atoms with E-state index in [-0.39, 0.29) is 5.02 Å². The van der Waals surface area contributed by atoms with Gasteiger partial charge < -0.3 is 14.1 Å². The van der Waals surface area contributed by atoms with Gasteiger partial charge in [0.15, 0.2) is 5.88 Å². The average molecular weight is 368 g/mol. The predicted molar refractivity (Wildman–Crippen MR) is 93.3 cm³/mol. The summed E-state index contributed by atoms with van der Waals surface area (Å²) in [5.41, 5.74) is 2.70. The SMILES string of the molecule is O=C(NN=Cc1ccc(N2CCOCC2)o1)c1ccc(Cl)cc1Cl. The standard InChI is InChI=1S/C16H15Cl2N3O3/c17-11-1-3-13(14(18)9-11)16(22)20-19-10-12-2-4-15(24-12)21-5-7-23-8-6-21/h1-4,9-10H,5-8H2,(H,20,22). The van der Waals surface area contributed by atoms with Crippen molar-refractivity contribution in [2.45, 2.75) is 0 Å². The van der Waals surface area contributed by atoms with Crippen molar-refractivity contribution in [1.29, 1.82) is 0 Å². The fraction of sp³-hybridized carbons (Fsp3) is 0.250. The minimum absolute atomic E-state index is 0.266. The molecule has 0 aliphatic carbocycles. The van der Waals surface area contributed by atoms with Gasteiger partial charge in [-0.1, -0.05) is 23.2 Å². The number of morpholine rings is 1. The molecule has 0 spiro atoms. The number of carbonyl (C=O) groups is 1. The van der Waals surface area contributed by atoms with E-state index in [4.69, 9.17) is 32.4 Å². The van der Waals surface area contributed by atoms with Gasteiger partial charge in [0.2, 0.25) is 0 Å². The lowest BCUT2D eigenvalue weighted by atomic mass is 10.2. The van der Waals surface area contributed by atoms with Gasteiger partial charge in [0, 0.05) is 24.2 Å². The number of hydrazone groups is 1. The van der Waals surface area contributed by atoms with Gasteiger partial charge in [-0.3, -0.25) is 4.79 Å². The normalized spacial score (nSPS) is 15.0. The minimum Gasteiger partial charge on any atom is -0.440 e. The second kappa shape index (κ2) is 7.70. The van der Waals surface area contributed by atoms with Gasteiger partial charge >= 0.3 is 0 Å². The quantitative estimate of drug-likeness (QED) is 0.665. The van der Waals surface area contributed by atoms with E-state index >= 15 is 0 Å². The molecule has 1 N–H and O–H groups in total. The number of benzene rings is 1. The van der Waals surface area contributed by atoms with Crippen molar-refractivity contribution in [2.75, 3.05) is 31.2 Å². The van der Waals surface area contributed by atoms with Crippen LogP contribution in [0.4, 0.5) is 5.88 Å². The third-order valence-electron chi connectivity index (χ3n) is 3.47. The zero-order valence-corrected chi connectivity index (χ0v) is 14.2. The third-order valence-corrected chi connectivity index (χ3v) is 4.02. The van der Waals surface area contributed by atoms with Crippen molar-refractivity contribution >= 4 is 41.2 Å². The van der Waals surface area contributed by atoms with Gasteiger partial charge in [0.05, 0.1) is 30.0 Å². The summed E-state index contributed by atoms with van der Waals surface area (Å²) in [6.45, 7) is 2.94. The predicted octanol–water partition coefficient (Wildman–Crippen LogP) is 3.19. The molecule has 1 aromatic heterocycles. The van der Waals surface area contributed by atoms with Crippen molar-refractivity contribution in [3.05, 3.63) is 51.7 Å². The molecular weight excluding hydrogens is 353 g/mol. The molecule has 24 heavy (non-hydrogen) atoms. The van der Waals surface area contributed by atoms with Crippen LogP contribution in [0.1, 0.15) is 16.1 Å². The number of nitrogens with zero attached hydrogens (tertiary/aromatic N) is 2. The number of halogens is 2. The Labute approximate surface area is 149 Å². The molecule has 0 atom stereocenters. The highest BCUT2D eigenvalue weighted by atomic mass is 35.5. The lowest BCUT2D eigenvalue weighted by molar-refractivity contribution is 0.0955. The van der Waals surface area contributed by atoms with E-state index in [0.29, 0.717) is 29.6 Å². The van der Waals surface area contributed by atoms with E-state index in [1.165, 1.54) is 12.3 Å². The molecule has 0 radical (unpaired) electrons. The monoisotopic (exact) mass is 367 g/mol. The molecule has 0 saturated carbocycles. The number of nitrogens with one attached hydrogen (secondary N) is 1. The van der Waals surface area contributed by atoms with Gasteiger partial charge in [-0.05, 0) is 24.3 Å². The third kappa shape index (κ3) is 4.08. The smallest absolute Gasteiger partial charge is 0.272 e. The Bertz CT molecular complexity index is 755. The van der Waals surface area contributed by atoms with Crippen molar-refractivity contribution in [3.63, 3.8) is 0 Å². The van der Waals surface area contributed by atoms with Crippen LogP contribution in [0.15, 0.2) is 39.9 Å². The Morgan fingerprint density at radius 2 is 2.00 bits per heavy atom. The van der Waals surface area contributed by atoms with Crippen LogP contribution in [0.25, 0.3) is 0 Å². The van der Waals surface area contributed by atoms with E-state index in [1.807, 2.05) is 6.07 Å². The number of carbonyl (C=O) groups excluding carboxylic acids is 1. The summed E-state index contributed by atoms with van der Waals surface area (Å²) in [4.78, 5) is 14.1. The highest BCUT2D eigenvalue weighted by Gasteiger charge is 2.14. The second-order valence-electron chi connectivity index (χ2n) is 5.10. The summed E-state index contributed by atoms with van der Waals surface area (Å²) in [5, 5.41) is 4.62. The summed E-state index contributed by atoms with van der Waals surface area (Å²) in [7, 11) is 0. The Kier molecular flexibility index (Phi) is 5.40. The van der Waals surface area contributed by atoms with E-state index < -0.39 is 5.91 Å². The topological polar surface area (TPSA) is 67.1 Å². The Morgan fingerprint density at radius 1 is 1.21 bits per heavy atom. The number of anilines is 1. The number of amides is 1. The number of rotatable bonds is 4. The molecule has 3 rings (SSSR count). The maximum absolute atomic E-state index is 12.0. The molecule has 2 aromatic rings. The van der Waals surface area contributed by atoms with Crippen molar-refractivity contribution in [1.82, 2.24) is 5.43 Å². The van der Waals surface area contributed by atoms with Crippen LogP contribution in [-0.2, 0) is 4.74 Å². The van der Waals surface area contributed by atoms with Crippen LogP contribution in [0.2, 0.25) is 10.0 Å². The van der Waals surface area contributed by atoms with Crippen molar-refractivity contribution < 1.29 is 13.9 Å². The van der Waals surface area contributed by atoms with Crippen LogP contribution >= 0.6 is 23.2 Å². The Morgan fingerprint density at radius 3 is 2.75 bits per heavy atom. The first-order chi connectivity index (χ1) is 11.6. The highest BCUT2D eigenvalue weighted by molar-refractivity contribution is 6.36. The first-order valence-electron chi connectivity index (χ1n) is 7.34. The van der Waals surface area contributed by atoms with Crippen molar-refractivity contribution in [3.8, 4) is 0 Å². The summed E-state index contributed by atoms with van der Waals surface area (Å²) in [6.07, 6.45) is 1.44. The molecule has 2 heterocycles. The van der Waals surface area contributed by atoms with Gasteiger partial charge in [-0.2, -0.15) is 5.10 Å². The minimum atomic E-state index is -0.423. The summed E-state index contributed by atoms with van der Waals surface area (Å²) in [6, 6.07) is 8.29. The summed E-state index contributed by atoms with van der Waals surface area (Å²) >= 11 is 11.8. The maximum atomic E-state index is 12.0. The van der Waals surface area contributed by atoms with E-state index in [2.05, 4.69) is 15.4 Å². The summed E-state index contributed by atoms with van der Waals surface area (Å²) < 4.78 is 11.0. The zero-order valence-electron chi connectivity index (χ0n) is 12.7. The van der Waals surface area contributed by atoms with Crippen LogP contribution in [-0.4, -0.2) is 38.4 Å². The number of hydrogen-bond acceptors (Lipinski definition) is 5. The molecular formula is C16H15Cl2N3O3. The van der Waals surface area contributed by atoms with Gasteiger partial charge in [-0.25, -0.2) is 5.43 Å². The van der Waals surface area contributed by atoms with Crippen LogP contribution < -0.4 is 10.3 Å². The summed E-state index contributed by atoms with van der Waals surface area (Å²) in [5.74, 6) is 0.874. The second-order valence-corrected chi connectivity index (χ2v) is 5.94. The molecule has 1 aromatic carbocycles. The van der Waals surface area contributed by atoms with Crippen LogP contribution in [0.5, 0.6) is 0 Å². The molecule has 126 valence electrons. The largest absolute Gasteiger partial charge is 0.440 e. The maximum Gasteiger partial charge on any atom is 0.272 e. The molecule has 8 heteroatoms. The first-order valence-corrected chi connectivity index (χ1v) is 8.10. The van der Waals surface area contributed by atoms with Crippen LogP contribution in [0, 0.1) is 0 Å². The lowest BCUT2D eigenvalue weighted by Gasteiger charge is -2.26. The molecule has 1 fully saturated rings. The molecule has 1 saturated heterocycles. The average Bonchev–Trinajstić information content (AvgIpc) is 3.04. The Hall–Kier alpha value is -2.02. The number of ether oxygens (including phenoxy) is 1. The first kappa shape index (κ1) is 16.8.